The predicted molar refractivity (Wildman–Crippen MR) is 108 cm³/mol. The first-order chi connectivity index (χ1) is 13.9. The van der Waals surface area contributed by atoms with Crippen molar-refractivity contribution in [2.24, 2.45) is 0 Å². The van der Waals surface area contributed by atoms with Gasteiger partial charge in [-0.2, -0.15) is 0 Å². The van der Waals surface area contributed by atoms with E-state index in [1.807, 2.05) is 6.92 Å². The molecule has 1 unspecified atom stereocenters. The van der Waals surface area contributed by atoms with E-state index < -0.39 is 18.0 Å². The van der Waals surface area contributed by atoms with Gasteiger partial charge in [-0.25, -0.2) is 0 Å². The van der Waals surface area contributed by atoms with E-state index in [0.29, 0.717) is 22.8 Å². The Labute approximate surface area is 173 Å². The molecule has 0 fully saturated rings. The van der Waals surface area contributed by atoms with E-state index in [9.17, 15) is 14.4 Å². The van der Waals surface area contributed by atoms with Crippen molar-refractivity contribution in [1.29, 1.82) is 0 Å². The van der Waals surface area contributed by atoms with Gasteiger partial charge in [0, 0.05) is 23.2 Å². The zero-order chi connectivity index (χ0) is 21.2. The zero-order valence-electron chi connectivity index (χ0n) is 16.4. The number of benzene rings is 1. The number of aromatic nitrogens is 1. The van der Waals surface area contributed by atoms with E-state index in [0.717, 1.165) is 12.8 Å². The summed E-state index contributed by atoms with van der Waals surface area (Å²) in [5, 5.41) is 9.44. The van der Waals surface area contributed by atoms with Gasteiger partial charge in [-0.1, -0.05) is 30.1 Å². The van der Waals surface area contributed by atoms with Crippen LogP contribution in [0.2, 0.25) is 5.02 Å². The number of carbonyl (C=O) groups is 3. The van der Waals surface area contributed by atoms with E-state index in [1.54, 1.807) is 37.3 Å². The fourth-order valence-electron chi connectivity index (χ4n) is 2.46. The van der Waals surface area contributed by atoms with E-state index >= 15 is 0 Å². The monoisotopic (exact) mass is 421 g/mol. The molecule has 1 aromatic carbocycles. The lowest BCUT2D eigenvalue weighted by atomic mass is 10.1. The average Bonchev–Trinajstić information content (AvgIpc) is 3.10. The topological polar surface area (TPSA) is 111 Å². The number of carbonyl (C=O) groups excluding carboxylic acids is 3. The van der Waals surface area contributed by atoms with Crippen molar-refractivity contribution in [2.75, 3.05) is 11.9 Å². The van der Waals surface area contributed by atoms with Crippen molar-refractivity contribution >= 4 is 35.2 Å². The summed E-state index contributed by atoms with van der Waals surface area (Å²) in [6.07, 6.45) is 0.963. The highest BCUT2D eigenvalue weighted by Crippen LogP contribution is 2.12. The van der Waals surface area contributed by atoms with Gasteiger partial charge in [-0.3, -0.25) is 14.4 Å². The molecule has 8 nitrogen and oxygen atoms in total. The quantitative estimate of drug-likeness (QED) is 0.568. The molecule has 0 saturated carbocycles. The van der Waals surface area contributed by atoms with Crippen LogP contribution in [-0.2, 0) is 14.3 Å². The molecule has 0 aliphatic carbocycles. The number of aryl methyl sites for hydroxylation is 1. The van der Waals surface area contributed by atoms with E-state index in [4.69, 9.17) is 20.9 Å². The Balaban J connectivity index is 1.82. The number of hydrogen-bond acceptors (Lipinski definition) is 6. The van der Waals surface area contributed by atoms with Crippen LogP contribution in [0, 0.1) is 6.92 Å². The van der Waals surface area contributed by atoms with Crippen LogP contribution in [0.25, 0.3) is 0 Å². The van der Waals surface area contributed by atoms with Gasteiger partial charge in [0.05, 0.1) is 6.42 Å². The predicted octanol–water partition coefficient (Wildman–Crippen LogP) is 3.50. The molecule has 1 heterocycles. The van der Waals surface area contributed by atoms with Crippen LogP contribution in [0.1, 0.15) is 48.7 Å². The molecule has 156 valence electrons. The number of nitrogens with one attached hydrogen (secondary N) is 2. The molecule has 0 saturated heterocycles. The van der Waals surface area contributed by atoms with Gasteiger partial charge < -0.3 is 19.9 Å². The maximum Gasteiger partial charge on any atom is 0.308 e. The highest BCUT2D eigenvalue weighted by Gasteiger charge is 2.23. The molecule has 2 aromatic rings. The molecule has 2 N–H and O–H groups in total. The summed E-state index contributed by atoms with van der Waals surface area (Å²) in [7, 11) is 0. The van der Waals surface area contributed by atoms with Crippen molar-refractivity contribution in [3.63, 3.8) is 0 Å². The Morgan fingerprint density at radius 2 is 1.97 bits per heavy atom. The van der Waals surface area contributed by atoms with Gasteiger partial charge in [-0.15, -0.1) is 0 Å². The van der Waals surface area contributed by atoms with Crippen molar-refractivity contribution in [3.8, 4) is 0 Å². The molecule has 1 atom stereocenters. The maximum absolute atomic E-state index is 12.4. The molecule has 29 heavy (non-hydrogen) atoms. The van der Waals surface area contributed by atoms with Crippen LogP contribution >= 0.6 is 11.6 Å². The Morgan fingerprint density at radius 1 is 1.24 bits per heavy atom. The second kappa shape index (κ2) is 11.2. The third-order valence-corrected chi connectivity index (χ3v) is 4.24. The van der Waals surface area contributed by atoms with Gasteiger partial charge in [0.25, 0.3) is 11.8 Å². The largest absolute Gasteiger partial charge is 0.452 e. The standard InChI is InChI=1S/C20H24ClN3O5/c1-3-4-5-16(20(27)23-17-12-13(2)29-24-17)28-18(25)10-11-22-19(26)14-6-8-15(21)9-7-14/h6-9,12,16H,3-5,10-11H2,1-2H3,(H,22,26)(H,23,24,27). The normalized spacial score (nSPS) is 11.6. The molecular formula is C20H24ClN3O5. The highest BCUT2D eigenvalue weighted by molar-refractivity contribution is 6.30. The van der Waals surface area contributed by atoms with Crippen molar-refractivity contribution in [1.82, 2.24) is 10.5 Å². The number of rotatable bonds is 10. The number of anilines is 1. The zero-order valence-corrected chi connectivity index (χ0v) is 17.1. The van der Waals surface area contributed by atoms with Crippen LogP contribution in [-0.4, -0.2) is 35.6 Å². The molecule has 1 aromatic heterocycles. The summed E-state index contributed by atoms with van der Waals surface area (Å²) in [5.41, 5.74) is 0.436. The van der Waals surface area contributed by atoms with Crippen molar-refractivity contribution < 1.29 is 23.6 Å². The van der Waals surface area contributed by atoms with Crippen LogP contribution < -0.4 is 10.6 Å². The van der Waals surface area contributed by atoms with E-state index in [-0.39, 0.29) is 24.7 Å². The van der Waals surface area contributed by atoms with Gasteiger partial charge in [0.1, 0.15) is 5.76 Å². The van der Waals surface area contributed by atoms with Gasteiger partial charge in [-0.05, 0) is 44.0 Å². The van der Waals surface area contributed by atoms with Crippen LogP contribution in [0.15, 0.2) is 34.9 Å². The maximum atomic E-state index is 12.4. The highest BCUT2D eigenvalue weighted by atomic mass is 35.5. The SMILES string of the molecule is CCCCC(OC(=O)CCNC(=O)c1ccc(Cl)cc1)C(=O)Nc1cc(C)on1. The minimum atomic E-state index is -0.938. The number of hydrogen-bond donors (Lipinski definition) is 2. The summed E-state index contributed by atoms with van der Waals surface area (Å²) in [6, 6.07) is 7.97. The fraction of sp³-hybridized carbons (Fsp3) is 0.400. The number of unbranched alkanes of at least 4 members (excludes halogenated alkanes) is 1. The first-order valence-corrected chi connectivity index (χ1v) is 9.74. The van der Waals surface area contributed by atoms with Crippen LogP contribution in [0.3, 0.4) is 0 Å². The van der Waals surface area contributed by atoms with Crippen molar-refractivity contribution in [2.45, 2.75) is 45.6 Å². The third kappa shape index (κ3) is 7.57. The number of esters is 1. The first kappa shape index (κ1) is 22.4. The average molecular weight is 422 g/mol. The Bertz CT molecular complexity index is 835. The fourth-order valence-corrected chi connectivity index (χ4v) is 2.59. The number of nitrogens with zero attached hydrogens (tertiary/aromatic N) is 1. The lowest BCUT2D eigenvalue weighted by Crippen LogP contribution is -2.34. The number of halogens is 1. The summed E-state index contributed by atoms with van der Waals surface area (Å²) < 4.78 is 10.2. The number of amides is 2. The summed E-state index contributed by atoms with van der Waals surface area (Å²) >= 11 is 5.79. The molecule has 0 aliphatic heterocycles. The number of ether oxygens (including phenoxy) is 1. The Hall–Kier alpha value is -2.87. The summed E-state index contributed by atoms with van der Waals surface area (Å²) in [5.74, 6) is -0.547. The molecule has 2 rings (SSSR count). The molecule has 0 spiro atoms. The Morgan fingerprint density at radius 3 is 2.59 bits per heavy atom. The lowest BCUT2D eigenvalue weighted by molar-refractivity contribution is -0.154. The van der Waals surface area contributed by atoms with E-state index in [1.165, 1.54) is 0 Å². The van der Waals surface area contributed by atoms with Gasteiger partial charge in [0.15, 0.2) is 11.9 Å². The molecule has 0 radical (unpaired) electrons. The smallest absolute Gasteiger partial charge is 0.308 e. The second-order valence-electron chi connectivity index (χ2n) is 6.45. The van der Waals surface area contributed by atoms with Crippen LogP contribution in [0.5, 0.6) is 0 Å². The van der Waals surface area contributed by atoms with Crippen LogP contribution in [0.4, 0.5) is 5.82 Å². The minimum absolute atomic E-state index is 0.0572. The second-order valence-corrected chi connectivity index (χ2v) is 6.88. The summed E-state index contributed by atoms with van der Waals surface area (Å²) in [6.45, 7) is 3.77. The molecule has 9 heteroatoms. The molecule has 0 aliphatic rings. The third-order valence-electron chi connectivity index (χ3n) is 3.99. The molecule has 2 amide bonds. The van der Waals surface area contributed by atoms with Gasteiger partial charge in [0.2, 0.25) is 0 Å². The molecular weight excluding hydrogens is 398 g/mol. The lowest BCUT2D eigenvalue weighted by Gasteiger charge is -2.16. The summed E-state index contributed by atoms with van der Waals surface area (Å²) in [4.78, 5) is 36.6. The first-order valence-electron chi connectivity index (χ1n) is 9.36. The van der Waals surface area contributed by atoms with E-state index in [2.05, 4.69) is 15.8 Å². The Kier molecular flexibility index (Phi) is 8.67. The van der Waals surface area contributed by atoms with Crippen molar-refractivity contribution in [3.05, 3.63) is 46.7 Å². The van der Waals surface area contributed by atoms with Gasteiger partial charge >= 0.3 is 5.97 Å². The molecule has 0 bridgehead atoms. The minimum Gasteiger partial charge on any atom is -0.452 e.